The number of phenols is 1. The Morgan fingerprint density at radius 1 is 0.853 bits per heavy atom. The van der Waals surface area contributed by atoms with Crippen molar-refractivity contribution in [3.05, 3.63) is 79.7 Å². The third-order valence-electron chi connectivity index (χ3n) is 4.32. The summed E-state index contributed by atoms with van der Waals surface area (Å²) < 4.78 is 5.67. The van der Waals surface area contributed by atoms with Crippen molar-refractivity contribution in [3.63, 3.8) is 0 Å². The van der Waals surface area contributed by atoms with Gasteiger partial charge in [-0.3, -0.25) is 9.59 Å². The number of hydrogen-bond acceptors (Lipinski definition) is 5. The molecule has 3 aromatic rings. The number of carbonyl (C=O) groups excluding carboxylic acids is 2. The molecule has 3 aromatic carbocycles. The minimum atomic E-state index is -1.68. The van der Waals surface area contributed by atoms with Gasteiger partial charge in [0.2, 0.25) is 0 Å². The lowest BCUT2D eigenvalue weighted by Gasteiger charge is -2.13. The summed E-state index contributed by atoms with van der Waals surface area (Å²) in [5, 5.41) is 24.2. The Hall–Kier alpha value is -3.17. The molecule has 0 atom stereocenters. The Bertz CT molecular complexity index is 1280. The topological polar surface area (TPSA) is 125 Å². The smallest absolute Gasteiger partial charge is 0.394 e. The van der Waals surface area contributed by atoms with Gasteiger partial charge in [-0.25, -0.2) is 4.79 Å². The molecule has 0 aromatic heterocycles. The fourth-order valence-electron chi connectivity index (χ4n) is 2.72. The molecule has 0 bridgehead atoms. The largest absolute Gasteiger partial charge is 0.507 e. The molecule has 3 rings (SSSR count). The first-order valence-electron chi connectivity index (χ1n) is 9.31. The molecule has 0 aliphatic rings. The zero-order chi connectivity index (χ0) is 25.0. The Morgan fingerprint density at radius 2 is 1.53 bits per heavy atom. The van der Waals surface area contributed by atoms with E-state index in [9.17, 15) is 19.5 Å². The molecule has 4 N–H and O–H groups in total. The highest BCUT2D eigenvalue weighted by Crippen LogP contribution is 2.39. The van der Waals surface area contributed by atoms with Crippen LogP contribution in [0.3, 0.4) is 0 Å². The van der Waals surface area contributed by atoms with E-state index in [0.717, 1.165) is 0 Å². The molecule has 176 valence electrons. The van der Waals surface area contributed by atoms with Crippen LogP contribution in [0.5, 0.6) is 17.2 Å². The van der Waals surface area contributed by atoms with E-state index in [-0.39, 0.29) is 45.1 Å². The van der Waals surface area contributed by atoms with Crippen molar-refractivity contribution in [3.8, 4) is 17.2 Å². The number of aliphatic carboxylic acids is 1. The maximum atomic E-state index is 12.6. The predicted octanol–water partition coefficient (Wildman–Crippen LogP) is 5.75. The molecule has 2 amide bonds. The molecule has 8 nitrogen and oxygen atoms in total. The van der Waals surface area contributed by atoms with Gasteiger partial charge in [0.05, 0.1) is 25.7 Å². The monoisotopic (exact) mass is 542 g/mol. The highest BCUT2D eigenvalue weighted by Gasteiger charge is 2.18. The Balaban J connectivity index is 1.76. The van der Waals surface area contributed by atoms with Crippen LogP contribution < -0.4 is 15.4 Å². The third-order valence-corrected chi connectivity index (χ3v) is 5.62. The molecule has 0 aliphatic carbocycles. The minimum Gasteiger partial charge on any atom is -0.507 e. The zero-order valence-electron chi connectivity index (χ0n) is 16.9. The van der Waals surface area contributed by atoms with E-state index in [2.05, 4.69) is 10.6 Å². The maximum absolute atomic E-state index is 12.6. The van der Waals surface area contributed by atoms with E-state index in [0.29, 0.717) is 15.6 Å². The lowest BCUT2D eigenvalue weighted by Crippen LogP contribution is -2.22. The van der Waals surface area contributed by atoms with Gasteiger partial charge in [0, 0.05) is 12.2 Å². The summed E-state index contributed by atoms with van der Waals surface area (Å²) in [5.41, 5.74) is 0.668. The number of anilines is 1. The van der Waals surface area contributed by atoms with Crippen LogP contribution >= 0.6 is 46.4 Å². The summed E-state index contributed by atoms with van der Waals surface area (Å²) >= 11 is 24.2. The van der Waals surface area contributed by atoms with Crippen molar-refractivity contribution >= 4 is 69.9 Å². The Kier molecular flexibility index (Phi) is 8.11. The van der Waals surface area contributed by atoms with Gasteiger partial charge in [0.25, 0.3) is 5.91 Å². The van der Waals surface area contributed by atoms with Crippen molar-refractivity contribution in [2.75, 3.05) is 5.32 Å². The number of halogens is 4. The lowest BCUT2D eigenvalue weighted by molar-refractivity contribution is -0.147. The van der Waals surface area contributed by atoms with Crippen molar-refractivity contribution < 1.29 is 29.3 Å². The van der Waals surface area contributed by atoms with Gasteiger partial charge in [-0.05, 0) is 48.0 Å². The molecule has 0 spiro atoms. The standard InChI is InChI=1S/C22H14Cl4N2O6/c23-14-3-1-10(5-15(14)24)9-27-20(30)13-8-12(2-4-18(13)29)34-19-16(25)6-11(7-17(19)26)28-21(31)22(32)33/h1-8,29H,9H2,(H,27,30)(H,28,31)(H,32,33). The minimum absolute atomic E-state index is 0.00971. The second-order valence-corrected chi connectivity index (χ2v) is 8.37. The van der Waals surface area contributed by atoms with E-state index in [1.54, 1.807) is 18.2 Å². The van der Waals surface area contributed by atoms with Crippen LogP contribution in [0.15, 0.2) is 48.5 Å². The summed E-state index contributed by atoms with van der Waals surface area (Å²) in [4.78, 5) is 34.6. The fourth-order valence-corrected chi connectivity index (χ4v) is 3.60. The first kappa shape index (κ1) is 25.5. The van der Waals surface area contributed by atoms with Gasteiger partial charge in [-0.15, -0.1) is 0 Å². The highest BCUT2D eigenvalue weighted by atomic mass is 35.5. The molecule has 12 heteroatoms. The molecule has 0 radical (unpaired) electrons. The van der Waals surface area contributed by atoms with Crippen LogP contribution in [0, 0.1) is 0 Å². The number of phenolic OH excluding ortho intramolecular Hbond substituents is 1. The van der Waals surface area contributed by atoms with Gasteiger partial charge in [0.15, 0.2) is 5.75 Å². The summed E-state index contributed by atoms with van der Waals surface area (Å²) in [6.07, 6.45) is 0. The number of carbonyl (C=O) groups is 3. The van der Waals surface area contributed by atoms with Crippen LogP contribution in [-0.4, -0.2) is 28.0 Å². The number of hydrogen-bond donors (Lipinski definition) is 4. The third kappa shape index (κ3) is 6.24. The molecule has 0 saturated carbocycles. The first-order valence-corrected chi connectivity index (χ1v) is 10.8. The number of carboxylic acid groups (broad SMARTS) is 1. The predicted molar refractivity (Wildman–Crippen MR) is 129 cm³/mol. The maximum Gasteiger partial charge on any atom is 0.394 e. The summed E-state index contributed by atoms with van der Waals surface area (Å²) in [6, 6.07) is 11.3. The lowest BCUT2D eigenvalue weighted by atomic mass is 10.1. The van der Waals surface area contributed by atoms with E-state index < -0.39 is 17.8 Å². The number of carboxylic acids is 1. The van der Waals surface area contributed by atoms with Crippen LogP contribution in [0.4, 0.5) is 5.69 Å². The number of amides is 2. The fraction of sp³-hybridized carbons (Fsp3) is 0.0455. The van der Waals surface area contributed by atoms with Gasteiger partial charge in [-0.1, -0.05) is 52.5 Å². The van der Waals surface area contributed by atoms with Gasteiger partial charge in [0.1, 0.15) is 11.5 Å². The van der Waals surface area contributed by atoms with Crippen LogP contribution in [-0.2, 0) is 16.1 Å². The van der Waals surface area contributed by atoms with Crippen LogP contribution in [0.2, 0.25) is 20.1 Å². The molecule has 0 unspecified atom stereocenters. The Labute approximate surface area is 213 Å². The van der Waals surface area contributed by atoms with Crippen molar-refractivity contribution in [2.24, 2.45) is 0 Å². The molecular formula is C22H14Cl4N2O6. The molecule has 0 heterocycles. The van der Waals surface area contributed by atoms with E-state index in [1.165, 1.54) is 30.3 Å². The zero-order valence-corrected chi connectivity index (χ0v) is 19.9. The van der Waals surface area contributed by atoms with Gasteiger partial charge < -0.3 is 25.6 Å². The van der Waals surface area contributed by atoms with Crippen molar-refractivity contribution in [2.45, 2.75) is 6.54 Å². The number of ether oxygens (including phenoxy) is 1. The number of rotatable bonds is 6. The number of aromatic hydroxyl groups is 1. The second kappa shape index (κ2) is 10.8. The average molecular weight is 544 g/mol. The first-order chi connectivity index (χ1) is 16.0. The molecule has 0 saturated heterocycles. The van der Waals surface area contributed by atoms with Crippen LogP contribution in [0.25, 0.3) is 0 Å². The van der Waals surface area contributed by atoms with Crippen molar-refractivity contribution in [1.82, 2.24) is 5.32 Å². The molecule has 0 aliphatic heterocycles. The van der Waals surface area contributed by atoms with Gasteiger partial charge >= 0.3 is 11.9 Å². The van der Waals surface area contributed by atoms with Crippen molar-refractivity contribution in [1.29, 1.82) is 0 Å². The Morgan fingerprint density at radius 3 is 2.15 bits per heavy atom. The number of nitrogens with one attached hydrogen (secondary N) is 2. The van der Waals surface area contributed by atoms with Gasteiger partial charge in [-0.2, -0.15) is 0 Å². The van der Waals surface area contributed by atoms with E-state index in [1.807, 2.05) is 0 Å². The summed E-state index contributed by atoms with van der Waals surface area (Å²) in [7, 11) is 0. The molecule has 34 heavy (non-hydrogen) atoms. The second-order valence-electron chi connectivity index (χ2n) is 6.74. The van der Waals surface area contributed by atoms with Crippen LogP contribution in [0.1, 0.15) is 15.9 Å². The van der Waals surface area contributed by atoms with E-state index in [4.69, 9.17) is 56.2 Å². The quantitative estimate of drug-likeness (QED) is 0.293. The van der Waals surface area contributed by atoms with E-state index >= 15 is 0 Å². The summed E-state index contributed by atoms with van der Waals surface area (Å²) in [6.45, 7) is 0.126. The molecular weight excluding hydrogens is 530 g/mol. The summed E-state index contributed by atoms with van der Waals surface area (Å²) in [5.74, 6) is -3.70. The normalized spacial score (nSPS) is 10.5. The SMILES string of the molecule is O=C(O)C(=O)Nc1cc(Cl)c(Oc2ccc(O)c(C(=O)NCc3ccc(Cl)c(Cl)c3)c2)c(Cl)c1. The molecule has 0 fully saturated rings. The number of benzene rings is 3. The highest BCUT2D eigenvalue weighted by molar-refractivity contribution is 6.42. The average Bonchev–Trinajstić information content (AvgIpc) is 2.77.